The van der Waals surface area contributed by atoms with Crippen LogP contribution in [0.5, 0.6) is 0 Å². The molecule has 0 spiro atoms. The van der Waals surface area contributed by atoms with Crippen LogP contribution < -0.4 is 10.9 Å². The Balaban J connectivity index is 1.84. The smallest absolute Gasteiger partial charge is 0.270 e. The van der Waals surface area contributed by atoms with Crippen molar-refractivity contribution in [3.8, 4) is 0 Å². The Morgan fingerprint density at radius 1 is 1.42 bits per heavy atom. The molecule has 0 unspecified atom stereocenters. The van der Waals surface area contributed by atoms with E-state index < -0.39 is 10.8 Å². The third-order valence-electron chi connectivity index (χ3n) is 3.91. The molecule has 0 saturated heterocycles. The lowest BCUT2D eigenvalue weighted by atomic mass is 10.2. The minimum atomic E-state index is -0.526. The molecule has 26 heavy (non-hydrogen) atoms. The quantitative estimate of drug-likeness (QED) is 0.498. The summed E-state index contributed by atoms with van der Waals surface area (Å²) in [5.41, 5.74) is 0.888. The molecule has 1 N–H and O–H groups in total. The Hall–Kier alpha value is -2.59. The number of amides is 1. The summed E-state index contributed by atoms with van der Waals surface area (Å²) in [4.78, 5) is 41.0. The lowest BCUT2D eigenvalue weighted by molar-refractivity contribution is -0.384. The zero-order valence-corrected chi connectivity index (χ0v) is 16.2. The number of nitrogens with zero attached hydrogens (tertiary/aromatic N) is 3. The third kappa shape index (κ3) is 3.37. The first-order valence-corrected chi connectivity index (χ1v) is 9.08. The fourth-order valence-electron chi connectivity index (χ4n) is 2.45. The average Bonchev–Trinajstić information content (AvgIpc) is 2.87. The first-order valence-electron chi connectivity index (χ1n) is 7.47. The molecule has 0 saturated carbocycles. The molecule has 0 aliphatic rings. The second-order valence-corrected chi connectivity index (χ2v) is 7.67. The number of carbonyl (C=O) groups is 1. The highest BCUT2D eigenvalue weighted by Crippen LogP contribution is 2.27. The van der Waals surface area contributed by atoms with E-state index >= 15 is 0 Å². The number of hydrogen-bond acceptors (Lipinski definition) is 6. The number of thiophene rings is 1. The van der Waals surface area contributed by atoms with Crippen LogP contribution in [-0.4, -0.2) is 20.4 Å². The van der Waals surface area contributed by atoms with Gasteiger partial charge in [-0.2, -0.15) is 0 Å². The van der Waals surface area contributed by atoms with Gasteiger partial charge in [-0.15, -0.1) is 11.3 Å². The molecule has 0 aliphatic heterocycles. The predicted molar refractivity (Wildman–Crippen MR) is 103 cm³/mol. The van der Waals surface area contributed by atoms with Crippen LogP contribution in [0.3, 0.4) is 0 Å². The Kier molecular flexibility index (Phi) is 4.88. The van der Waals surface area contributed by atoms with Gasteiger partial charge in [0, 0.05) is 21.5 Å². The molecule has 2 aromatic heterocycles. The van der Waals surface area contributed by atoms with Gasteiger partial charge in [0.05, 0.1) is 22.3 Å². The Morgan fingerprint density at radius 2 is 2.15 bits per heavy atom. The van der Waals surface area contributed by atoms with Gasteiger partial charge < -0.3 is 5.32 Å². The van der Waals surface area contributed by atoms with E-state index in [1.807, 2.05) is 13.8 Å². The SMILES string of the molecule is Cc1sc2ncn(CC(=O)Nc3ccc([N+](=O)[O-])cc3Br)c(=O)c2c1C. The molecule has 0 radical (unpaired) electrons. The zero-order chi connectivity index (χ0) is 19.0. The highest BCUT2D eigenvalue weighted by Gasteiger charge is 2.15. The summed E-state index contributed by atoms with van der Waals surface area (Å²) in [5, 5.41) is 13.9. The molecule has 8 nitrogen and oxygen atoms in total. The van der Waals surface area contributed by atoms with Gasteiger partial charge in [0.1, 0.15) is 11.4 Å². The number of nitro benzene ring substituents is 1. The molecule has 2 heterocycles. The normalized spacial score (nSPS) is 10.9. The Bertz CT molecular complexity index is 1110. The van der Waals surface area contributed by atoms with Gasteiger partial charge in [0.2, 0.25) is 5.91 Å². The van der Waals surface area contributed by atoms with E-state index in [9.17, 15) is 19.7 Å². The molecule has 3 rings (SSSR count). The summed E-state index contributed by atoms with van der Waals surface area (Å²) < 4.78 is 1.63. The molecule has 1 amide bonds. The van der Waals surface area contributed by atoms with Crippen LogP contribution in [0.1, 0.15) is 10.4 Å². The third-order valence-corrected chi connectivity index (χ3v) is 5.68. The van der Waals surface area contributed by atoms with E-state index in [0.717, 1.165) is 10.4 Å². The number of rotatable bonds is 4. The van der Waals surface area contributed by atoms with Crippen molar-refractivity contribution in [2.24, 2.45) is 0 Å². The highest BCUT2D eigenvalue weighted by atomic mass is 79.9. The van der Waals surface area contributed by atoms with E-state index in [0.29, 0.717) is 20.4 Å². The van der Waals surface area contributed by atoms with Crippen molar-refractivity contribution in [2.45, 2.75) is 20.4 Å². The van der Waals surface area contributed by atoms with Gasteiger partial charge >= 0.3 is 0 Å². The van der Waals surface area contributed by atoms with Crippen molar-refractivity contribution < 1.29 is 9.72 Å². The van der Waals surface area contributed by atoms with Gasteiger partial charge in [-0.1, -0.05) is 0 Å². The maximum absolute atomic E-state index is 12.6. The van der Waals surface area contributed by atoms with Crippen molar-refractivity contribution in [2.75, 3.05) is 5.32 Å². The van der Waals surface area contributed by atoms with Crippen molar-refractivity contribution in [1.29, 1.82) is 0 Å². The average molecular weight is 437 g/mol. The molecule has 134 valence electrons. The molecular formula is C16H13BrN4O4S. The highest BCUT2D eigenvalue weighted by molar-refractivity contribution is 9.10. The number of nitro groups is 1. The summed E-state index contributed by atoms with van der Waals surface area (Å²) in [7, 11) is 0. The molecule has 1 aromatic carbocycles. The minimum absolute atomic E-state index is 0.0935. The summed E-state index contributed by atoms with van der Waals surface area (Å²) in [5.74, 6) is -0.438. The van der Waals surface area contributed by atoms with Crippen LogP contribution in [0.25, 0.3) is 10.2 Å². The van der Waals surface area contributed by atoms with Gasteiger partial charge in [-0.3, -0.25) is 24.3 Å². The largest absolute Gasteiger partial charge is 0.323 e. The van der Waals surface area contributed by atoms with Gasteiger partial charge in [0.25, 0.3) is 11.2 Å². The van der Waals surface area contributed by atoms with Gasteiger partial charge in [-0.25, -0.2) is 4.98 Å². The van der Waals surface area contributed by atoms with Crippen molar-refractivity contribution >= 4 is 54.8 Å². The van der Waals surface area contributed by atoms with Crippen LogP contribution in [0, 0.1) is 24.0 Å². The lowest BCUT2D eigenvalue weighted by Gasteiger charge is -2.09. The summed E-state index contributed by atoms with van der Waals surface area (Å²) in [6.45, 7) is 3.57. The van der Waals surface area contributed by atoms with Crippen LogP contribution in [0.15, 0.2) is 33.8 Å². The number of hydrogen-bond donors (Lipinski definition) is 1. The number of aromatic nitrogens is 2. The van der Waals surface area contributed by atoms with Crippen LogP contribution in [-0.2, 0) is 11.3 Å². The van der Waals surface area contributed by atoms with Crippen LogP contribution >= 0.6 is 27.3 Å². The van der Waals surface area contributed by atoms with Gasteiger partial charge in [-0.05, 0) is 41.4 Å². The standard InChI is InChI=1S/C16H13BrN4O4S/c1-8-9(2)26-15-14(8)16(23)20(7-18-15)6-13(22)19-12-4-3-10(21(24)25)5-11(12)17/h3-5,7H,6H2,1-2H3,(H,19,22). The number of fused-ring (bicyclic) bond motifs is 1. The summed E-state index contributed by atoms with van der Waals surface area (Å²) in [6.07, 6.45) is 1.35. The molecule has 10 heteroatoms. The summed E-state index contributed by atoms with van der Waals surface area (Å²) >= 11 is 4.63. The van der Waals surface area contributed by atoms with E-state index in [1.165, 1.54) is 40.4 Å². The fourth-order valence-corrected chi connectivity index (χ4v) is 3.90. The van der Waals surface area contributed by atoms with E-state index in [2.05, 4.69) is 26.2 Å². The van der Waals surface area contributed by atoms with Crippen molar-refractivity contribution in [3.63, 3.8) is 0 Å². The van der Waals surface area contributed by atoms with Crippen molar-refractivity contribution in [1.82, 2.24) is 9.55 Å². The first kappa shape index (κ1) is 18.2. The molecular weight excluding hydrogens is 424 g/mol. The molecule has 0 fully saturated rings. The number of benzene rings is 1. The number of non-ortho nitro benzene ring substituents is 1. The van der Waals surface area contributed by atoms with Crippen LogP contribution in [0.2, 0.25) is 0 Å². The fraction of sp³-hybridized carbons (Fsp3) is 0.188. The number of carbonyl (C=O) groups excluding carboxylic acids is 1. The number of anilines is 1. The van der Waals surface area contributed by atoms with Crippen molar-refractivity contribution in [3.05, 3.63) is 59.9 Å². The lowest BCUT2D eigenvalue weighted by Crippen LogP contribution is -2.28. The molecule has 3 aromatic rings. The second-order valence-electron chi connectivity index (χ2n) is 5.61. The summed E-state index contributed by atoms with van der Waals surface area (Å²) in [6, 6.07) is 4.02. The minimum Gasteiger partial charge on any atom is -0.323 e. The monoisotopic (exact) mass is 436 g/mol. The zero-order valence-electron chi connectivity index (χ0n) is 13.8. The Morgan fingerprint density at radius 3 is 2.81 bits per heavy atom. The van der Waals surface area contributed by atoms with E-state index in [1.54, 1.807) is 0 Å². The maximum atomic E-state index is 12.6. The van der Waals surface area contributed by atoms with E-state index in [-0.39, 0.29) is 17.8 Å². The molecule has 0 atom stereocenters. The second kappa shape index (κ2) is 6.96. The Labute approximate surface area is 159 Å². The maximum Gasteiger partial charge on any atom is 0.270 e. The predicted octanol–water partition coefficient (Wildman–Crippen LogP) is 3.38. The number of aryl methyl sites for hydroxylation is 2. The molecule has 0 bridgehead atoms. The topological polar surface area (TPSA) is 107 Å². The molecule has 0 aliphatic carbocycles. The number of halogens is 1. The van der Waals surface area contributed by atoms with Crippen LogP contribution in [0.4, 0.5) is 11.4 Å². The van der Waals surface area contributed by atoms with Gasteiger partial charge in [0.15, 0.2) is 0 Å². The first-order chi connectivity index (χ1) is 12.3. The number of nitrogens with one attached hydrogen (secondary N) is 1. The van der Waals surface area contributed by atoms with E-state index in [4.69, 9.17) is 0 Å².